The molecule has 1 aromatic heterocycles. The Balaban J connectivity index is 1.41. The summed E-state index contributed by atoms with van der Waals surface area (Å²) in [5.74, 6) is 2.10. The van der Waals surface area contributed by atoms with E-state index in [2.05, 4.69) is 99.2 Å². The van der Waals surface area contributed by atoms with Crippen LogP contribution in [0.3, 0.4) is 0 Å². The summed E-state index contributed by atoms with van der Waals surface area (Å²) >= 11 is 0. The van der Waals surface area contributed by atoms with E-state index in [4.69, 9.17) is 4.98 Å². The van der Waals surface area contributed by atoms with Crippen molar-refractivity contribution in [2.45, 2.75) is 12.5 Å². The second kappa shape index (κ2) is 11.5. The maximum Gasteiger partial charge on any atom is 0.191 e. The highest BCUT2D eigenvalue weighted by atomic mass is 15.3. The van der Waals surface area contributed by atoms with Crippen molar-refractivity contribution in [3.05, 3.63) is 95.7 Å². The quantitative estimate of drug-likeness (QED) is 0.434. The van der Waals surface area contributed by atoms with Crippen LogP contribution in [0.5, 0.6) is 0 Å². The van der Waals surface area contributed by atoms with Crippen LogP contribution < -0.4 is 15.5 Å². The normalized spacial score (nSPS) is 15.0. The van der Waals surface area contributed by atoms with Crippen LogP contribution in [0, 0.1) is 0 Å². The minimum atomic E-state index is 0.241. The van der Waals surface area contributed by atoms with Gasteiger partial charge in [-0.05, 0) is 24.2 Å². The summed E-state index contributed by atoms with van der Waals surface area (Å²) in [4.78, 5) is 13.9. The minimum Gasteiger partial charge on any atom is -0.355 e. The number of piperazine rings is 1. The number of nitrogens with one attached hydrogen (secondary N) is 2. The summed E-state index contributed by atoms with van der Waals surface area (Å²) < 4.78 is 0. The number of likely N-dealkylation sites (N-methyl/N-ethyl adjacent to an activating group) is 1. The highest BCUT2D eigenvalue weighted by Crippen LogP contribution is 2.24. The van der Waals surface area contributed by atoms with Gasteiger partial charge in [0.1, 0.15) is 5.82 Å². The summed E-state index contributed by atoms with van der Waals surface area (Å²) in [6.45, 7) is 5.56. The molecule has 6 heteroatoms. The van der Waals surface area contributed by atoms with Crippen LogP contribution in [0.2, 0.25) is 0 Å². The molecule has 0 atom stereocenters. The smallest absolute Gasteiger partial charge is 0.191 e. The number of nitrogens with zero attached hydrogens (tertiary/aromatic N) is 4. The van der Waals surface area contributed by atoms with Crippen molar-refractivity contribution in [1.82, 2.24) is 20.5 Å². The second-order valence-electron chi connectivity index (χ2n) is 8.46. The lowest BCUT2D eigenvalue weighted by Crippen LogP contribution is -2.45. The summed E-state index contributed by atoms with van der Waals surface area (Å²) in [5.41, 5.74) is 3.76. The summed E-state index contributed by atoms with van der Waals surface area (Å²) in [5, 5.41) is 7.03. The molecular weight excluding hydrogens is 408 g/mol. The van der Waals surface area contributed by atoms with Gasteiger partial charge in [-0.3, -0.25) is 4.99 Å². The molecule has 0 spiro atoms. The van der Waals surface area contributed by atoms with Gasteiger partial charge in [0.05, 0.1) is 0 Å². The number of hydrogen-bond acceptors (Lipinski definition) is 4. The molecule has 2 heterocycles. The first-order valence-corrected chi connectivity index (χ1v) is 11.7. The Morgan fingerprint density at radius 1 is 0.879 bits per heavy atom. The molecule has 3 aromatic rings. The molecule has 0 unspecified atom stereocenters. The third-order valence-electron chi connectivity index (χ3n) is 6.22. The molecule has 2 aromatic carbocycles. The molecule has 1 saturated heterocycles. The van der Waals surface area contributed by atoms with Crippen molar-refractivity contribution in [2.24, 2.45) is 4.99 Å². The highest BCUT2D eigenvalue weighted by molar-refractivity contribution is 5.80. The fourth-order valence-electron chi connectivity index (χ4n) is 4.27. The van der Waals surface area contributed by atoms with E-state index < -0.39 is 0 Å². The Bertz CT molecular complexity index is 974. The van der Waals surface area contributed by atoms with Gasteiger partial charge in [-0.15, -0.1) is 0 Å². The number of anilines is 1. The highest BCUT2D eigenvalue weighted by Gasteiger charge is 2.18. The molecule has 0 saturated carbocycles. The van der Waals surface area contributed by atoms with Gasteiger partial charge in [-0.1, -0.05) is 66.7 Å². The largest absolute Gasteiger partial charge is 0.355 e. The molecule has 4 rings (SSSR count). The van der Waals surface area contributed by atoms with Crippen LogP contribution in [-0.4, -0.2) is 62.7 Å². The van der Waals surface area contributed by atoms with E-state index in [1.807, 2.05) is 19.3 Å². The standard InChI is InChI=1S/C27H34N6/c1-28-27(30-20-24-14-9-15-29-26(24)33-18-16-32(2)17-19-33)31-21-25(22-10-5-3-6-11-22)23-12-7-4-8-13-23/h3-15,25H,16-21H2,1-2H3,(H2,28,30,31). The fraction of sp³-hybridized carbons (Fsp3) is 0.333. The molecule has 0 bridgehead atoms. The Morgan fingerprint density at radius 2 is 1.52 bits per heavy atom. The van der Waals surface area contributed by atoms with E-state index in [0.717, 1.165) is 44.5 Å². The summed E-state index contributed by atoms with van der Waals surface area (Å²) in [6.07, 6.45) is 1.88. The zero-order valence-corrected chi connectivity index (χ0v) is 19.6. The third kappa shape index (κ3) is 6.11. The van der Waals surface area contributed by atoms with Crippen molar-refractivity contribution in [1.29, 1.82) is 0 Å². The predicted octanol–water partition coefficient (Wildman–Crippen LogP) is 3.33. The van der Waals surface area contributed by atoms with Crippen LogP contribution in [0.4, 0.5) is 5.82 Å². The lowest BCUT2D eigenvalue weighted by molar-refractivity contribution is 0.312. The van der Waals surface area contributed by atoms with E-state index in [-0.39, 0.29) is 5.92 Å². The van der Waals surface area contributed by atoms with E-state index in [1.165, 1.54) is 16.7 Å². The Morgan fingerprint density at radius 3 is 2.12 bits per heavy atom. The van der Waals surface area contributed by atoms with Gasteiger partial charge in [-0.2, -0.15) is 0 Å². The first-order chi connectivity index (χ1) is 16.2. The van der Waals surface area contributed by atoms with E-state index in [0.29, 0.717) is 6.54 Å². The van der Waals surface area contributed by atoms with Gasteiger partial charge < -0.3 is 20.4 Å². The maximum absolute atomic E-state index is 4.69. The maximum atomic E-state index is 4.69. The molecule has 2 N–H and O–H groups in total. The average molecular weight is 443 g/mol. The van der Waals surface area contributed by atoms with Crippen LogP contribution in [0.15, 0.2) is 84.0 Å². The number of hydrogen-bond donors (Lipinski definition) is 2. The number of guanidine groups is 1. The minimum absolute atomic E-state index is 0.241. The first-order valence-electron chi connectivity index (χ1n) is 11.7. The summed E-state index contributed by atoms with van der Waals surface area (Å²) in [7, 11) is 3.99. The molecule has 6 nitrogen and oxygen atoms in total. The SMILES string of the molecule is CN=C(NCc1cccnc1N1CCN(C)CC1)NCC(c1ccccc1)c1ccccc1. The van der Waals surface area contributed by atoms with Gasteiger partial charge in [0.2, 0.25) is 0 Å². The van der Waals surface area contributed by atoms with Crippen molar-refractivity contribution in [2.75, 3.05) is 51.7 Å². The number of benzene rings is 2. The van der Waals surface area contributed by atoms with Crippen LogP contribution >= 0.6 is 0 Å². The third-order valence-corrected chi connectivity index (χ3v) is 6.22. The van der Waals surface area contributed by atoms with E-state index >= 15 is 0 Å². The zero-order chi connectivity index (χ0) is 22.9. The molecule has 33 heavy (non-hydrogen) atoms. The molecule has 1 aliphatic rings. The lowest BCUT2D eigenvalue weighted by Gasteiger charge is -2.34. The molecule has 0 radical (unpaired) electrons. The lowest BCUT2D eigenvalue weighted by atomic mass is 9.91. The van der Waals surface area contributed by atoms with Gasteiger partial charge in [0, 0.05) is 64.0 Å². The Kier molecular flexibility index (Phi) is 7.93. The van der Waals surface area contributed by atoms with Crippen LogP contribution in [-0.2, 0) is 6.54 Å². The fourth-order valence-corrected chi connectivity index (χ4v) is 4.27. The molecule has 0 aliphatic carbocycles. The van der Waals surface area contributed by atoms with Crippen molar-refractivity contribution < 1.29 is 0 Å². The number of pyridine rings is 1. The first kappa shape index (κ1) is 22.8. The number of aliphatic imine (C=N–C) groups is 1. The monoisotopic (exact) mass is 442 g/mol. The zero-order valence-electron chi connectivity index (χ0n) is 19.6. The van der Waals surface area contributed by atoms with Gasteiger partial charge in [0.25, 0.3) is 0 Å². The van der Waals surface area contributed by atoms with Crippen molar-refractivity contribution in [3.8, 4) is 0 Å². The van der Waals surface area contributed by atoms with Crippen LogP contribution in [0.25, 0.3) is 0 Å². The molecule has 0 amide bonds. The second-order valence-corrected chi connectivity index (χ2v) is 8.46. The molecule has 172 valence electrons. The van der Waals surface area contributed by atoms with Gasteiger partial charge >= 0.3 is 0 Å². The number of rotatable bonds is 7. The van der Waals surface area contributed by atoms with Gasteiger partial charge in [0.15, 0.2) is 5.96 Å². The van der Waals surface area contributed by atoms with Crippen LogP contribution in [0.1, 0.15) is 22.6 Å². The molecule has 1 fully saturated rings. The molecule has 1 aliphatic heterocycles. The van der Waals surface area contributed by atoms with E-state index in [1.54, 1.807) is 0 Å². The number of aromatic nitrogens is 1. The van der Waals surface area contributed by atoms with E-state index in [9.17, 15) is 0 Å². The summed E-state index contributed by atoms with van der Waals surface area (Å²) in [6, 6.07) is 25.4. The Labute approximate surface area is 197 Å². The Hall–Kier alpha value is -3.38. The predicted molar refractivity (Wildman–Crippen MR) is 137 cm³/mol. The van der Waals surface area contributed by atoms with Crippen molar-refractivity contribution in [3.63, 3.8) is 0 Å². The molecular formula is C27H34N6. The topological polar surface area (TPSA) is 55.8 Å². The van der Waals surface area contributed by atoms with Gasteiger partial charge in [-0.25, -0.2) is 4.98 Å². The van der Waals surface area contributed by atoms with Crippen molar-refractivity contribution >= 4 is 11.8 Å². The average Bonchev–Trinajstić information content (AvgIpc) is 2.88.